The molecule has 0 bridgehead atoms. The van der Waals surface area contributed by atoms with Gasteiger partial charge in [0.15, 0.2) is 0 Å². The Hall–Kier alpha value is -2.54. The molecule has 0 aliphatic heterocycles. The summed E-state index contributed by atoms with van der Waals surface area (Å²) < 4.78 is 4.76. The Morgan fingerprint density at radius 2 is 2.00 bits per heavy atom. The quantitative estimate of drug-likeness (QED) is 0.762. The van der Waals surface area contributed by atoms with Crippen molar-refractivity contribution in [1.29, 1.82) is 0 Å². The number of aryl methyl sites for hydroxylation is 1. The van der Waals surface area contributed by atoms with E-state index in [4.69, 9.17) is 10.4 Å². The lowest BCUT2D eigenvalue weighted by Gasteiger charge is -2.19. The molecule has 0 atom stereocenters. The molecule has 2 aromatic heterocycles. The first-order valence-electron chi connectivity index (χ1n) is 7.14. The summed E-state index contributed by atoms with van der Waals surface area (Å²) in [4.78, 5) is 11.2. The summed E-state index contributed by atoms with van der Waals surface area (Å²) in [6.45, 7) is 2.96. The lowest BCUT2D eigenvalue weighted by atomic mass is 10.2. The summed E-state index contributed by atoms with van der Waals surface area (Å²) in [6, 6.07) is 7.95. The van der Waals surface area contributed by atoms with Gasteiger partial charge in [0.05, 0.1) is 12.1 Å². The van der Waals surface area contributed by atoms with Crippen LogP contribution in [0.2, 0.25) is 0 Å². The van der Waals surface area contributed by atoms with Crippen molar-refractivity contribution in [2.45, 2.75) is 19.9 Å². The number of aromatic nitrogens is 4. The minimum Gasteiger partial charge on any atom is -0.353 e. The van der Waals surface area contributed by atoms with Crippen LogP contribution in [0.5, 0.6) is 0 Å². The van der Waals surface area contributed by atoms with Gasteiger partial charge < -0.3 is 10.6 Å². The SMILES string of the molecule is Cc1nonc1CN(C)c1nc(CCN)nc2ccccc12. The molecule has 2 N–H and O–H groups in total. The highest BCUT2D eigenvalue weighted by atomic mass is 16.6. The highest BCUT2D eigenvalue weighted by Gasteiger charge is 2.14. The normalized spacial score (nSPS) is 11.0. The Morgan fingerprint density at radius 3 is 2.73 bits per heavy atom. The number of nitrogens with zero attached hydrogens (tertiary/aromatic N) is 5. The molecule has 0 aliphatic carbocycles. The zero-order chi connectivity index (χ0) is 15.5. The van der Waals surface area contributed by atoms with E-state index in [1.165, 1.54) is 0 Å². The number of para-hydroxylation sites is 1. The van der Waals surface area contributed by atoms with Crippen molar-refractivity contribution < 1.29 is 4.63 Å². The van der Waals surface area contributed by atoms with Gasteiger partial charge >= 0.3 is 0 Å². The zero-order valence-electron chi connectivity index (χ0n) is 12.7. The van der Waals surface area contributed by atoms with Crippen molar-refractivity contribution >= 4 is 16.7 Å². The largest absolute Gasteiger partial charge is 0.353 e. The third-order valence-electron chi connectivity index (χ3n) is 3.49. The second-order valence-electron chi connectivity index (χ2n) is 5.17. The summed E-state index contributed by atoms with van der Waals surface area (Å²) >= 11 is 0. The number of benzene rings is 1. The molecule has 0 amide bonds. The molecule has 0 radical (unpaired) electrons. The first kappa shape index (κ1) is 14.4. The molecule has 0 aliphatic rings. The van der Waals surface area contributed by atoms with Crippen molar-refractivity contribution in [3.8, 4) is 0 Å². The topological polar surface area (TPSA) is 94.0 Å². The van der Waals surface area contributed by atoms with E-state index in [0.717, 1.165) is 33.9 Å². The summed E-state index contributed by atoms with van der Waals surface area (Å²) in [5.41, 5.74) is 8.13. The molecule has 1 aromatic carbocycles. The maximum atomic E-state index is 5.64. The number of anilines is 1. The van der Waals surface area contributed by atoms with E-state index in [-0.39, 0.29) is 0 Å². The minimum absolute atomic E-state index is 0.522. The van der Waals surface area contributed by atoms with Crippen molar-refractivity contribution in [1.82, 2.24) is 20.3 Å². The van der Waals surface area contributed by atoms with Gasteiger partial charge in [-0.15, -0.1) is 0 Å². The second kappa shape index (κ2) is 6.07. The van der Waals surface area contributed by atoms with Crippen LogP contribution in [0.1, 0.15) is 17.2 Å². The summed E-state index contributed by atoms with van der Waals surface area (Å²) in [7, 11) is 1.97. The highest BCUT2D eigenvalue weighted by Crippen LogP contribution is 2.24. The van der Waals surface area contributed by atoms with Gasteiger partial charge in [0.25, 0.3) is 0 Å². The first-order valence-corrected chi connectivity index (χ1v) is 7.14. The molecule has 0 spiro atoms. The molecule has 22 heavy (non-hydrogen) atoms. The third kappa shape index (κ3) is 2.75. The molecule has 2 heterocycles. The average Bonchev–Trinajstić information content (AvgIpc) is 2.92. The predicted molar refractivity (Wildman–Crippen MR) is 83.4 cm³/mol. The number of hydrogen-bond acceptors (Lipinski definition) is 7. The fraction of sp³-hybridized carbons (Fsp3) is 0.333. The van der Waals surface area contributed by atoms with Gasteiger partial charge in [0.1, 0.15) is 23.0 Å². The molecule has 7 heteroatoms. The Balaban J connectivity index is 2.02. The standard InChI is InChI=1S/C15H18N6O/c1-10-13(20-22-19-10)9-21(2)15-11-5-3-4-6-12(11)17-14(18-15)7-8-16/h3-6H,7-9,16H2,1-2H3. The van der Waals surface area contributed by atoms with Gasteiger partial charge in [-0.2, -0.15) is 0 Å². The molecule has 3 rings (SSSR count). The Labute approximate surface area is 128 Å². The smallest absolute Gasteiger partial charge is 0.140 e. The van der Waals surface area contributed by atoms with E-state index in [2.05, 4.69) is 20.3 Å². The molecule has 0 fully saturated rings. The fourth-order valence-electron chi connectivity index (χ4n) is 2.33. The van der Waals surface area contributed by atoms with Crippen LogP contribution in [-0.2, 0) is 13.0 Å². The van der Waals surface area contributed by atoms with Crippen LogP contribution in [0, 0.1) is 6.92 Å². The van der Waals surface area contributed by atoms with Crippen molar-refractivity contribution in [3.63, 3.8) is 0 Å². The van der Waals surface area contributed by atoms with Gasteiger partial charge in [-0.05, 0) is 25.6 Å². The van der Waals surface area contributed by atoms with Gasteiger partial charge in [-0.25, -0.2) is 14.6 Å². The fourth-order valence-corrected chi connectivity index (χ4v) is 2.33. The Kier molecular flexibility index (Phi) is 3.97. The van der Waals surface area contributed by atoms with E-state index in [1.54, 1.807) is 0 Å². The van der Waals surface area contributed by atoms with Gasteiger partial charge in [0, 0.05) is 18.9 Å². The van der Waals surface area contributed by atoms with E-state index >= 15 is 0 Å². The summed E-state index contributed by atoms with van der Waals surface area (Å²) in [5.74, 6) is 1.61. The van der Waals surface area contributed by atoms with Crippen LogP contribution in [-0.4, -0.2) is 33.9 Å². The number of fused-ring (bicyclic) bond motifs is 1. The zero-order valence-corrected chi connectivity index (χ0v) is 12.7. The average molecular weight is 298 g/mol. The predicted octanol–water partition coefficient (Wildman–Crippen LogP) is 1.46. The molecule has 0 saturated heterocycles. The van der Waals surface area contributed by atoms with Crippen LogP contribution >= 0.6 is 0 Å². The highest BCUT2D eigenvalue weighted by molar-refractivity contribution is 5.89. The van der Waals surface area contributed by atoms with Crippen molar-refractivity contribution in [2.75, 3.05) is 18.5 Å². The van der Waals surface area contributed by atoms with Gasteiger partial charge in [-0.3, -0.25) is 0 Å². The van der Waals surface area contributed by atoms with Crippen molar-refractivity contribution in [2.24, 2.45) is 5.73 Å². The second-order valence-corrected chi connectivity index (χ2v) is 5.17. The monoisotopic (exact) mass is 298 g/mol. The van der Waals surface area contributed by atoms with Crippen LogP contribution in [0.4, 0.5) is 5.82 Å². The van der Waals surface area contributed by atoms with Crippen molar-refractivity contribution in [3.05, 3.63) is 41.5 Å². The van der Waals surface area contributed by atoms with E-state index in [1.807, 2.05) is 43.1 Å². The molecule has 114 valence electrons. The summed E-state index contributed by atoms with van der Waals surface area (Å²) in [6.07, 6.45) is 0.649. The van der Waals surface area contributed by atoms with Gasteiger partial charge in [-0.1, -0.05) is 22.4 Å². The number of nitrogens with two attached hydrogens (primary N) is 1. The van der Waals surface area contributed by atoms with E-state index < -0.39 is 0 Å². The van der Waals surface area contributed by atoms with E-state index in [9.17, 15) is 0 Å². The maximum Gasteiger partial charge on any atom is 0.140 e. The van der Waals surface area contributed by atoms with Crippen LogP contribution < -0.4 is 10.6 Å². The summed E-state index contributed by atoms with van der Waals surface area (Å²) in [5, 5.41) is 8.74. The molecule has 0 saturated carbocycles. The Bertz CT molecular complexity index is 785. The van der Waals surface area contributed by atoms with Crippen LogP contribution in [0.25, 0.3) is 10.9 Å². The van der Waals surface area contributed by atoms with Gasteiger partial charge in [0.2, 0.25) is 0 Å². The minimum atomic E-state index is 0.522. The molecular weight excluding hydrogens is 280 g/mol. The van der Waals surface area contributed by atoms with Crippen LogP contribution in [0.3, 0.4) is 0 Å². The third-order valence-corrected chi connectivity index (χ3v) is 3.49. The molecule has 7 nitrogen and oxygen atoms in total. The molecule has 0 unspecified atom stereocenters. The molecule has 3 aromatic rings. The lowest BCUT2D eigenvalue weighted by molar-refractivity contribution is 0.301. The lowest BCUT2D eigenvalue weighted by Crippen LogP contribution is -2.20. The van der Waals surface area contributed by atoms with Crippen LogP contribution in [0.15, 0.2) is 28.9 Å². The molecular formula is C15H18N6O. The number of rotatable bonds is 5. The Morgan fingerprint density at radius 1 is 1.18 bits per heavy atom. The van der Waals surface area contributed by atoms with E-state index in [0.29, 0.717) is 19.5 Å². The number of hydrogen-bond donors (Lipinski definition) is 1. The first-order chi connectivity index (χ1) is 10.7. The maximum absolute atomic E-state index is 5.64.